The second kappa shape index (κ2) is 9.06. The van der Waals surface area contributed by atoms with Gasteiger partial charge in [-0.3, -0.25) is 0 Å². The van der Waals surface area contributed by atoms with E-state index in [4.69, 9.17) is 16.5 Å². The molecule has 0 atom stereocenters. The Hall–Kier alpha value is 2.44. The van der Waals surface area contributed by atoms with Gasteiger partial charge >= 0.3 is 65.9 Å². The summed E-state index contributed by atoms with van der Waals surface area (Å²) in [5, 5.41) is 0. The quantitative estimate of drug-likeness (QED) is 0.442. The molecule has 0 nitrogen and oxygen atoms in total. The summed E-state index contributed by atoms with van der Waals surface area (Å²) in [5.74, 6) is 0. The second-order valence-corrected chi connectivity index (χ2v) is 7.98. The van der Waals surface area contributed by atoms with Gasteiger partial charge in [0.1, 0.15) is 0 Å². The van der Waals surface area contributed by atoms with Crippen LogP contribution in [0.3, 0.4) is 0 Å². The Morgan fingerprint density at radius 3 is 1.25 bits per heavy atom. The van der Waals surface area contributed by atoms with E-state index in [1.165, 1.54) is 0 Å². The van der Waals surface area contributed by atoms with Gasteiger partial charge in [0.05, 0.1) is 0 Å². The summed E-state index contributed by atoms with van der Waals surface area (Å²) in [6.07, 6.45) is 0. The van der Waals surface area contributed by atoms with Gasteiger partial charge < -0.3 is 0 Å². The van der Waals surface area contributed by atoms with Gasteiger partial charge in [0.2, 0.25) is 0 Å². The fourth-order valence-corrected chi connectivity index (χ4v) is 0. The summed E-state index contributed by atoms with van der Waals surface area (Å²) >= 11 is -1.14. The molecule has 22 valence electrons. The Labute approximate surface area is 64.7 Å². The fourth-order valence-electron chi connectivity index (χ4n) is 0. The first-order valence-electron chi connectivity index (χ1n) is 0.535. The maximum atomic E-state index is 4.99. The molecule has 0 saturated carbocycles. The third-order valence-electron chi connectivity index (χ3n) is 0. The van der Waals surface area contributed by atoms with Crippen LogP contribution >= 0.6 is 16.5 Å². The monoisotopic (exact) mass is 482 g/mol. The molecule has 0 saturated heterocycles. The Balaban J connectivity index is 0. The predicted molar refractivity (Wildman–Crippen MR) is 20.2 cm³/mol. The maximum absolute atomic E-state index is 4.99. The molecular weight excluding hydrogens is 479 g/mol. The van der Waals surface area contributed by atoms with Crippen LogP contribution in [0.5, 0.6) is 0 Å². The predicted octanol–water partition coefficient (Wildman–Crippen LogP) is 0.460. The molecule has 0 unspecified atom stereocenters. The van der Waals surface area contributed by atoms with Crippen molar-refractivity contribution in [3.8, 4) is 0 Å². The number of hydrogen-bond donors (Lipinski definition) is 0. The van der Waals surface area contributed by atoms with Crippen LogP contribution < -0.4 is 0 Å². The van der Waals surface area contributed by atoms with E-state index in [0.717, 1.165) is 0 Å². The van der Waals surface area contributed by atoms with Gasteiger partial charge in [-0.25, -0.2) is 0 Å². The van der Waals surface area contributed by atoms with Crippen molar-refractivity contribution in [1.29, 1.82) is 0 Å². The Kier molecular flexibility index (Phi) is 21.9. The summed E-state index contributed by atoms with van der Waals surface area (Å²) in [4.78, 5) is 0. The number of hydrogen-bond acceptors (Lipinski definition) is 0. The van der Waals surface area contributed by atoms with Gasteiger partial charge in [-0.2, -0.15) is 0 Å². The molecule has 0 aromatic rings. The van der Waals surface area contributed by atoms with E-state index in [1.54, 1.807) is 0 Å². The van der Waals surface area contributed by atoms with Gasteiger partial charge in [-0.1, -0.05) is 0 Å². The second-order valence-electron chi connectivity index (χ2n) is 0.101. The van der Waals surface area contributed by atoms with Crippen LogP contribution in [0, 0.1) is 0 Å². The SMILES string of the molecule is [Cl][Hg][Cl].[PbH2]. The first-order valence-corrected chi connectivity index (χ1v) is 14.1. The molecule has 0 aromatic heterocycles. The summed E-state index contributed by atoms with van der Waals surface area (Å²) in [6.45, 7) is 0. The molecular formula is H2Cl2HgPb. The zero-order chi connectivity index (χ0) is 2.71. The van der Waals surface area contributed by atoms with Crippen LogP contribution in [0.1, 0.15) is 0 Å². The Morgan fingerprint density at radius 2 is 1.25 bits per heavy atom. The molecule has 2 radical (unpaired) electrons. The van der Waals surface area contributed by atoms with Gasteiger partial charge in [-0.05, 0) is 0 Å². The molecule has 0 amide bonds. The fraction of sp³-hybridized carbons (Fsp3) is 0. The minimum atomic E-state index is -1.14. The number of rotatable bonds is 0. The van der Waals surface area contributed by atoms with Crippen molar-refractivity contribution in [2.45, 2.75) is 0 Å². The summed E-state index contributed by atoms with van der Waals surface area (Å²) in [5.41, 5.74) is 0. The molecule has 0 aromatic carbocycles. The van der Waals surface area contributed by atoms with E-state index in [-0.39, 0.29) is 27.3 Å². The van der Waals surface area contributed by atoms with Crippen molar-refractivity contribution in [3.63, 3.8) is 0 Å². The summed E-state index contributed by atoms with van der Waals surface area (Å²) in [6, 6.07) is 0. The van der Waals surface area contributed by atoms with Crippen molar-refractivity contribution in [2.75, 3.05) is 0 Å². The van der Waals surface area contributed by atoms with Crippen LogP contribution in [-0.4, -0.2) is 27.3 Å². The van der Waals surface area contributed by atoms with E-state index >= 15 is 0 Å². The zero-order valence-corrected chi connectivity index (χ0v) is 14.7. The molecule has 4 heteroatoms. The van der Waals surface area contributed by atoms with Crippen molar-refractivity contribution in [3.05, 3.63) is 0 Å². The average Bonchev–Trinajstić information content (AvgIpc) is 0.918. The molecule has 0 N–H and O–H groups in total. The third-order valence-corrected chi connectivity index (χ3v) is 0. The van der Waals surface area contributed by atoms with E-state index in [9.17, 15) is 0 Å². The molecule has 0 spiro atoms. The van der Waals surface area contributed by atoms with Crippen LogP contribution in [0.25, 0.3) is 0 Å². The summed E-state index contributed by atoms with van der Waals surface area (Å²) < 4.78 is 0. The molecule has 0 fully saturated rings. The molecule has 0 aliphatic carbocycles. The van der Waals surface area contributed by atoms with E-state index in [1.807, 2.05) is 0 Å². The Morgan fingerprint density at radius 1 is 1.25 bits per heavy atom. The van der Waals surface area contributed by atoms with Crippen LogP contribution in [-0.2, 0) is 22.1 Å². The molecule has 4 heavy (non-hydrogen) atoms. The molecule has 0 aliphatic heterocycles. The number of halogens is 2. The molecule has 0 rings (SSSR count). The van der Waals surface area contributed by atoms with E-state index < -0.39 is 22.1 Å². The van der Waals surface area contributed by atoms with Crippen LogP contribution in [0.15, 0.2) is 0 Å². The van der Waals surface area contributed by atoms with Crippen LogP contribution in [0.4, 0.5) is 0 Å². The van der Waals surface area contributed by atoms with E-state index in [0.29, 0.717) is 0 Å². The standard InChI is InChI=1S/2ClH.Hg.Pb.2H/h2*1H;;;;/q;;+2;;;/p-2. The molecule has 0 heterocycles. The zero-order valence-electron chi connectivity index (χ0n) is 2.17. The first kappa shape index (κ1) is 9.67. The first-order chi connectivity index (χ1) is 1.41. The topological polar surface area (TPSA) is 0 Å². The van der Waals surface area contributed by atoms with Gasteiger partial charge in [0, 0.05) is 0 Å². The Bertz CT molecular complexity index is 6.00. The normalized spacial score (nSPS) is 2.50. The average molecular weight is 481 g/mol. The molecule has 0 bridgehead atoms. The van der Waals surface area contributed by atoms with E-state index in [2.05, 4.69) is 0 Å². The molecule has 0 aliphatic rings. The van der Waals surface area contributed by atoms with Crippen molar-refractivity contribution >= 4 is 43.8 Å². The van der Waals surface area contributed by atoms with Gasteiger partial charge in [0.15, 0.2) is 0 Å². The van der Waals surface area contributed by atoms with Gasteiger partial charge in [-0.15, -0.1) is 0 Å². The van der Waals surface area contributed by atoms with Crippen LogP contribution in [0.2, 0.25) is 0 Å². The minimum absolute atomic E-state index is 0. The third kappa shape index (κ3) is 8.83. The van der Waals surface area contributed by atoms with Gasteiger partial charge in [0.25, 0.3) is 0 Å². The van der Waals surface area contributed by atoms with Crippen molar-refractivity contribution < 1.29 is 22.1 Å². The van der Waals surface area contributed by atoms with Crippen molar-refractivity contribution in [1.82, 2.24) is 0 Å². The summed E-state index contributed by atoms with van der Waals surface area (Å²) in [7, 11) is 9.97. The van der Waals surface area contributed by atoms with Crippen molar-refractivity contribution in [2.24, 2.45) is 0 Å².